The molecule has 28 heavy (non-hydrogen) atoms. The molecule has 0 aliphatic heterocycles. The lowest BCUT2D eigenvalue weighted by Crippen LogP contribution is -1.81. The highest BCUT2D eigenvalue weighted by Gasteiger charge is 2.19. The number of aromatic hydroxyl groups is 1. The van der Waals surface area contributed by atoms with Gasteiger partial charge in [0.2, 0.25) is 0 Å². The highest BCUT2D eigenvalue weighted by atomic mass is 79.9. The molecule has 136 valence electrons. The molecule has 0 fully saturated rings. The first kappa shape index (κ1) is 17.4. The third-order valence-corrected chi connectivity index (χ3v) is 6.36. The molecule has 0 saturated heterocycles. The molecule has 0 aliphatic carbocycles. The Morgan fingerprint density at radius 1 is 0.750 bits per heavy atom. The standard InChI is InChI=1S/C24H15BrO2S/c25-16-12-10-15(11-13-16)21-14-20-23(27-21)19-9-5-4-8-18(19)22(26)24(20)28-17-6-2-1-3-7-17/h1-14,26H. The molecule has 0 unspecified atom stereocenters. The topological polar surface area (TPSA) is 33.4 Å². The molecule has 0 saturated carbocycles. The van der Waals surface area contributed by atoms with E-state index in [1.54, 1.807) is 11.8 Å². The molecule has 1 heterocycles. The van der Waals surface area contributed by atoms with E-state index in [2.05, 4.69) is 15.9 Å². The van der Waals surface area contributed by atoms with E-state index >= 15 is 0 Å². The Labute approximate surface area is 174 Å². The van der Waals surface area contributed by atoms with Crippen LogP contribution in [0.3, 0.4) is 0 Å². The van der Waals surface area contributed by atoms with E-state index < -0.39 is 0 Å². The first-order valence-corrected chi connectivity index (χ1v) is 10.5. The van der Waals surface area contributed by atoms with Gasteiger partial charge in [0.15, 0.2) is 0 Å². The van der Waals surface area contributed by atoms with Gasteiger partial charge in [-0.05, 0) is 30.3 Å². The van der Waals surface area contributed by atoms with Crippen molar-refractivity contribution in [2.45, 2.75) is 9.79 Å². The summed E-state index contributed by atoms with van der Waals surface area (Å²) in [5.41, 5.74) is 1.79. The molecule has 1 N–H and O–H groups in total. The van der Waals surface area contributed by atoms with E-state index in [4.69, 9.17) is 4.42 Å². The van der Waals surface area contributed by atoms with Crippen LogP contribution in [0.25, 0.3) is 33.1 Å². The molecular formula is C24H15BrO2S. The summed E-state index contributed by atoms with van der Waals surface area (Å²) in [6, 6.07) is 28.0. The lowest BCUT2D eigenvalue weighted by Gasteiger charge is -2.09. The average Bonchev–Trinajstić information content (AvgIpc) is 3.18. The SMILES string of the molecule is Oc1c(Sc2ccccc2)c2cc(-c3ccc(Br)cc3)oc2c2ccccc12. The number of hydrogen-bond donors (Lipinski definition) is 1. The van der Waals surface area contributed by atoms with Crippen molar-refractivity contribution >= 4 is 49.4 Å². The molecule has 0 amide bonds. The van der Waals surface area contributed by atoms with E-state index in [0.29, 0.717) is 5.75 Å². The Morgan fingerprint density at radius 2 is 1.43 bits per heavy atom. The number of fused-ring (bicyclic) bond motifs is 3. The van der Waals surface area contributed by atoms with Gasteiger partial charge in [0.05, 0.1) is 4.90 Å². The fraction of sp³-hybridized carbons (Fsp3) is 0. The smallest absolute Gasteiger partial charge is 0.144 e. The molecule has 5 aromatic rings. The third kappa shape index (κ3) is 2.99. The molecular weight excluding hydrogens is 432 g/mol. The molecule has 0 atom stereocenters. The first-order chi connectivity index (χ1) is 13.7. The Kier molecular flexibility index (Phi) is 4.38. The normalized spacial score (nSPS) is 11.3. The van der Waals surface area contributed by atoms with Crippen LogP contribution in [0.2, 0.25) is 0 Å². The maximum Gasteiger partial charge on any atom is 0.144 e. The monoisotopic (exact) mass is 446 g/mol. The first-order valence-electron chi connectivity index (χ1n) is 8.87. The summed E-state index contributed by atoms with van der Waals surface area (Å²) in [5, 5.41) is 13.7. The predicted octanol–water partition coefficient (Wildman–Crippen LogP) is 7.87. The fourth-order valence-corrected chi connectivity index (χ4v) is 4.62. The minimum atomic E-state index is 0.292. The van der Waals surface area contributed by atoms with Crippen molar-refractivity contribution in [1.29, 1.82) is 0 Å². The van der Waals surface area contributed by atoms with Gasteiger partial charge < -0.3 is 9.52 Å². The lowest BCUT2D eigenvalue weighted by molar-refractivity contribution is 0.470. The van der Waals surface area contributed by atoms with E-state index in [0.717, 1.165) is 47.3 Å². The second kappa shape index (κ2) is 7.04. The van der Waals surface area contributed by atoms with Crippen LogP contribution in [0.4, 0.5) is 0 Å². The molecule has 4 heteroatoms. The van der Waals surface area contributed by atoms with Gasteiger partial charge in [-0.3, -0.25) is 0 Å². The minimum Gasteiger partial charge on any atom is -0.506 e. The van der Waals surface area contributed by atoms with Gasteiger partial charge in [-0.25, -0.2) is 0 Å². The fourth-order valence-electron chi connectivity index (χ4n) is 3.36. The number of furan rings is 1. The number of rotatable bonds is 3. The molecule has 4 aromatic carbocycles. The van der Waals surface area contributed by atoms with Crippen LogP contribution in [0.1, 0.15) is 0 Å². The Hall–Kier alpha value is -2.69. The molecule has 0 spiro atoms. The van der Waals surface area contributed by atoms with Crippen molar-refractivity contribution in [3.63, 3.8) is 0 Å². The average molecular weight is 447 g/mol. The van der Waals surface area contributed by atoms with Gasteiger partial charge in [-0.1, -0.05) is 82.3 Å². The van der Waals surface area contributed by atoms with E-state index in [1.165, 1.54) is 0 Å². The summed E-state index contributed by atoms with van der Waals surface area (Å²) >= 11 is 5.03. The van der Waals surface area contributed by atoms with Crippen molar-refractivity contribution in [3.05, 3.63) is 89.4 Å². The van der Waals surface area contributed by atoms with Crippen LogP contribution in [0.5, 0.6) is 5.75 Å². The van der Waals surface area contributed by atoms with E-state index in [-0.39, 0.29) is 0 Å². The molecule has 0 bridgehead atoms. The second-order valence-corrected chi connectivity index (χ2v) is 8.50. The Balaban J connectivity index is 1.78. The summed E-state index contributed by atoms with van der Waals surface area (Å²) in [4.78, 5) is 1.88. The van der Waals surface area contributed by atoms with Gasteiger partial charge in [-0.2, -0.15) is 0 Å². The van der Waals surface area contributed by atoms with Gasteiger partial charge >= 0.3 is 0 Å². The maximum atomic E-state index is 11.1. The number of halogens is 1. The molecule has 1 aromatic heterocycles. The maximum absolute atomic E-state index is 11.1. The quantitative estimate of drug-likeness (QED) is 0.306. The number of hydrogen-bond acceptors (Lipinski definition) is 3. The summed E-state index contributed by atoms with van der Waals surface area (Å²) in [7, 11) is 0. The van der Waals surface area contributed by atoms with Crippen molar-refractivity contribution < 1.29 is 9.52 Å². The van der Waals surface area contributed by atoms with Crippen LogP contribution < -0.4 is 0 Å². The zero-order valence-corrected chi connectivity index (χ0v) is 17.1. The Bertz CT molecular complexity index is 1290. The van der Waals surface area contributed by atoms with Gasteiger partial charge in [0.1, 0.15) is 17.1 Å². The van der Waals surface area contributed by atoms with Crippen LogP contribution in [0.15, 0.2) is 104 Å². The molecule has 0 radical (unpaired) electrons. The highest BCUT2D eigenvalue weighted by Crippen LogP contribution is 2.47. The molecule has 0 aliphatic rings. The zero-order valence-electron chi connectivity index (χ0n) is 14.7. The van der Waals surface area contributed by atoms with Crippen LogP contribution in [-0.4, -0.2) is 5.11 Å². The van der Waals surface area contributed by atoms with Crippen LogP contribution >= 0.6 is 27.7 Å². The van der Waals surface area contributed by atoms with Crippen molar-refractivity contribution in [3.8, 4) is 17.1 Å². The summed E-state index contributed by atoms with van der Waals surface area (Å²) in [5.74, 6) is 1.08. The van der Waals surface area contributed by atoms with E-state index in [1.807, 2.05) is 84.9 Å². The second-order valence-electron chi connectivity index (χ2n) is 6.50. The predicted molar refractivity (Wildman–Crippen MR) is 119 cm³/mol. The van der Waals surface area contributed by atoms with Crippen LogP contribution in [-0.2, 0) is 0 Å². The van der Waals surface area contributed by atoms with Crippen LogP contribution in [0, 0.1) is 0 Å². The number of benzene rings is 4. The lowest BCUT2D eigenvalue weighted by atomic mass is 10.1. The largest absolute Gasteiger partial charge is 0.506 e. The van der Waals surface area contributed by atoms with Crippen molar-refractivity contribution in [1.82, 2.24) is 0 Å². The minimum absolute atomic E-state index is 0.292. The highest BCUT2D eigenvalue weighted by molar-refractivity contribution is 9.10. The van der Waals surface area contributed by atoms with Crippen molar-refractivity contribution in [2.75, 3.05) is 0 Å². The summed E-state index contributed by atoms with van der Waals surface area (Å²) in [6.45, 7) is 0. The molecule has 5 rings (SSSR count). The Morgan fingerprint density at radius 3 is 2.18 bits per heavy atom. The summed E-state index contributed by atoms with van der Waals surface area (Å²) < 4.78 is 7.32. The van der Waals surface area contributed by atoms with Gasteiger partial charge in [0, 0.05) is 31.1 Å². The number of phenols is 1. The van der Waals surface area contributed by atoms with Gasteiger partial charge in [0.25, 0.3) is 0 Å². The molecule has 2 nitrogen and oxygen atoms in total. The number of phenolic OH excluding ortho intramolecular Hbond substituents is 1. The zero-order chi connectivity index (χ0) is 19.1. The van der Waals surface area contributed by atoms with Crippen molar-refractivity contribution in [2.24, 2.45) is 0 Å². The third-order valence-electron chi connectivity index (χ3n) is 4.71. The summed E-state index contributed by atoms with van der Waals surface area (Å²) in [6.07, 6.45) is 0. The van der Waals surface area contributed by atoms with E-state index in [9.17, 15) is 5.11 Å². The van der Waals surface area contributed by atoms with Gasteiger partial charge in [-0.15, -0.1) is 0 Å².